The van der Waals surface area contributed by atoms with Gasteiger partial charge in [-0.15, -0.1) is 0 Å². The molecule has 1 saturated carbocycles. The maximum Gasteiger partial charge on any atom is 0.0548 e. The van der Waals surface area contributed by atoms with Gasteiger partial charge in [0.25, 0.3) is 0 Å². The van der Waals surface area contributed by atoms with E-state index in [1.165, 1.54) is 5.56 Å². The summed E-state index contributed by atoms with van der Waals surface area (Å²) in [6.07, 6.45) is 0. The second kappa shape index (κ2) is 3.76. The van der Waals surface area contributed by atoms with Gasteiger partial charge in [0.1, 0.15) is 0 Å². The van der Waals surface area contributed by atoms with Gasteiger partial charge in [-0.1, -0.05) is 31.5 Å². The van der Waals surface area contributed by atoms with E-state index in [2.05, 4.69) is 41.9 Å². The first-order valence-electron chi connectivity index (χ1n) is 5.13. The van der Waals surface area contributed by atoms with Crippen LogP contribution >= 0.6 is 27.5 Å². The van der Waals surface area contributed by atoms with Gasteiger partial charge in [0.2, 0.25) is 0 Å². The Labute approximate surface area is 104 Å². The summed E-state index contributed by atoms with van der Waals surface area (Å²) in [5.41, 5.74) is 7.44. The Kier molecular flexibility index (Phi) is 2.87. The quantitative estimate of drug-likeness (QED) is 0.880. The molecule has 1 aliphatic carbocycles. The monoisotopic (exact) mass is 287 g/mol. The van der Waals surface area contributed by atoms with Gasteiger partial charge in [0.05, 0.1) is 5.02 Å². The maximum atomic E-state index is 5.98. The lowest BCUT2D eigenvalue weighted by Gasteiger charge is -2.04. The molecule has 1 fully saturated rings. The van der Waals surface area contributed by atoms with E-state index in [9.17, 15) is 0 Å². The van der Waals surface area contributed by atoms with Crippen LogP contribution in [0.3, 0.4) is 0 Å². The Balaban J connectivity index is 2.29. The van der Waals surface area contributed by atoms with Gasteiger partial charge in [0, 0.05) is 4.47 Å². The van der Waals surface area contributed by atoms with Crippen LogP contribution in [0, 0.1) is 11.3 Å². The summed E-state index contributed by atoms with van der Waals surface area (Å²) in [7, 11) is 0. The number of rotatable bonds is 2. The molecule has 2 N–H and O–H groups in total. The molecule has 1 aliphatic rings. The van der Waals surface area contributed by atoms with Crippen molar-refractivity contribution < 1.29 is 0 Å². The van der Waals surface area contributed by atoms with Gasteiger partial charge in [-0.05, 0) is 57.4 Å². The molecule has 0 spiro atoms. The molecule has 0 aliphatic heterocycles. The van der Waals surface area contributed by atoms with Crippen LogP contribution in [0.4, 0.5) is 0 Å². The molecular formula is C12H15BrClN. The van der Waals surface area contributed by atoms with Crippen LogP contribution in [0.2, 0.25) is 5.02 Å². The topological polar surface area (TPSA) is 26.0 Å². The maximum absolute atomic E-state index is 5.98. The van der Waals surface area contributed by atoms with E-state index in [1.807, 2.05) is 6.07 Å². The minimum atomic E-state index is 0.335. The van der Waals surface area contributed by atoms with E-state index in [0.717, 1.165) is 16.0 Å². The van der Waals surface area contributed by atoms with Crippen LogP contribution in [0.5, 0.6) is 0 Å². The predicted molar refractivity (Wildman–Crippen MR) is 68.2 cm³/mol. The Hall–Kier alpha value is -0.0500. The third-order valence-corrected chi connectivity index (χ3v) is 4.82. The molecule has 2 rings (SSSR count). The SMILES string of the molecule is CC1(C)[C@@H](CN)[C@@H]1c1ccc(Cl)c(Br)c1. The number of halogens is 2. The second-order valence-corrected chi connectivity index (χ2v) is 6.08. The first-order valence-corrected chi connectivity index (χ1v) is 6.30. The van der Waals surface area contributed by atoms with Crippen LogP contribution in [0.1, 0.15) is 25.3 Å². The molecular weight excluding hydrogens is 273 g/mol. The van der Waals surface area contributed by atoms with Gasteiger partial charge in [-0.2, -0.15) is 0 Å². The molecule has 15 heavy (non-hydrogen) atoms. The lowest BCUT2D eigenvalue weighted by molar-refractivity contribution is 0.558. The molecule has 1 aromatic carbocycles. The molecule has 0 radical (unpaired) electrons. The van der Waals surface area contributed by atoms with Gasteiger partial charge < -0.3 is 5.73 Å². The van der Waals surface area contributed by atoms with Crippen LogP contribution in [0.15, 0.2) is 22.7 Å². The summed E-state index contributed by atoms with van der Waals surface area (Å²) in [5, 5.41) is 0.765. The lowest BCUT2D eigenvalue weighted by atomic mass is 10.0. The van der Waals surface area contributed by atoms with Crippen molar-refractivity contribution in [1.82, 2.24) is 0 Å². The van der Waals surface area contributed by atoms with Gasteiger partial charge in [-0.3, -0.25) is 0 Å². The Morgan fingerprint density at radius 1 is 1.47 bits per heavy atom. The summed E-state index contributed by atoms with van der Waals surface area (Å²) >= 11 is 9.43. The van der Waals surface area contributed by atoms with Crippen molar-refractivity contribution in [2.45, 2.75) is 19.8 Å². The highest BCUT2D eigenvalue weighted by Gasteiger charge is 2.57. The molecule has 0 aromatic heterocycles. The van der Waals surface area contributed by atoms with Crippen LogP contribution < -0.4 is 5.73 Å². The summed E-state index contributed by atoms with van der Waals surface area (Å²) < 4.78 is 0.972. The lowest BCUT2D eigenvalue weighted by Crippen LogP contribution is -2.05. The minimum absolute atomic E-state index is 0.335. The fraction of sp³-hybridized carbons (Fsp3) is 0.500. The first kappa shape index (κ1) is 11.4. The molecule has 0 heterocycles. The minimum Gasteiger partial charge on any atom is -0.330 e. The van der Waals surface area contributed by atoms with Gasteiger partial charge >= 0.3 is 0 Å². The highest BCUT2D eigenvalue weighted by atomic mass is 79.9. The van der Waals surface area contributed by atoms with Crippen molar-refractivity contribution in [2.24, 2.45) is 17.1 Å². The zero-order valence-electron chi connectivity index (χ0n) is 8.93. The Morgan fingerprint density at radius 2 is 2.13 bits per heavy atom. The molecule has 0 amide bonds. The third kappa shape index (κ3) is 1.83. The van der Waals surface area contributed by atoms with E-state index in [0.29, 0.717) is 17.3 Å². The van der Waals surface area contributed by atoms with Crippen LogP contribution in [-0.2, 0) is 0 Å². The van der Waals surface area contributed by atoms with E-state index in [-0.39, 0.29) is 0 Å². The summed E-state index contributed by atoms with van der Waals surface area (Å²) in [5.74, 6) is 1.18. The van der Waals surface area contributed by atoms with Crippen molar-refractivity contribution in [3.63, 3.8) is 0 Å². The Bertz CT molecular complexity index is 389. The molecule has 2 atom stereocenters. The third-order valence-electron chi connectivity index (χ3n) is 3.61. The molecule has 0 unspecified atom stereocenters. The van der Waals surface area contributed by atoms with Gasteiger partial charge in [0.15, 0.2) is 0 Å². The van der Waals surface area contributed by atoms with Gasteiger partial charge in [-0.25, -0.2) is 0 Å². The molecule has 0 saturated heterocycles. The van der Waals surface area contributed by atoms with E-state index in [4.69, 9.17) is 17.3 Å². The molecule has 0 bridgehead atoms. The summed E-state index contributed by atoms with van der Waals surface area (Å²) in [6, 6.07) is 6.17. The molecule has 82 valence electrons. The van der Waals surface area contributed by atoms with E-state index in [1.54, 1.807) is 0 Å². The average molecular weight is 289 g/mol. The standard InChI is InChI=1S/C12H15BrClN/c1-12(2)8(6-15)11(12)7-3-4-10(14)9(13)5-7/h3-5,8,11H,6,15H2,1-2H3/t8-,11-/m0/s1. The zero-order valence-corrected chi connectivity index (χ0v) is 11.3. The van der Waals surface area contributed by atoms with Crippen LogP contribution in [-0.4, -0.2) is 6.54 Å². The first-order chi connectivity index (χ1) is 6.98. The fourth-order valence-electron chi connectivity index (χ4n) is 2.55. The number of nitrogens with two attached hydrogens (primary N) is 1. The highest BCUT2D eigenvalue weighted by molar-refractivity contribution is 9.10. The average Bonchev–Trinajstić information content (AvgIpc) is 2.73. The largest absolute Gasteiger partial charge is 0.330 e. The molecule has 3 heteroatoms. The van der Waals surface area contributed by atoms with E-state index < -0.39 is 0 Å². The second-order valence-electron chi connectivity index (χ2n) is 4.81. The fourth-order valence-corrected chi connectivity index (χ4v) is 3.07. The van der Waals surface area contributed by atoms with Crippen molar-refractivity contribution in [1.29, 1.82) is 0 Å². The molecule has 1 nitrogen and oxygen atoms in total. The van der Waals surface area contributed by atoms with Crippen molar-refractivity contribution in [3.05, 3.63) is 33.3 Å². The summed E-state index contributed by atoms with van der Waals surface area (Å²) in [6.45, 7) is 5.31. The number of hydrogen-bond acceptors (Lipinski definition) is 1. The van der Waals surface area contributed by atoms with Crippen molar-refractivity contribution in [3.8, 4) is 0 Å². The normalized spacial score (nSPS) is 27.8. The number of hydrogen-bond donors (Lipinski definition) is 1. The van der Waals surface area contributed by atoms with Crippen molar-refractivity contribution >= 4 is 27.5 Å². The zero-order chi connectivity index (χ0) is 11.2. The van der Waals surface area contributed by atoms with E-state index >= 15 is 0 Å². The summed E-state index contributed by atoms with van der Waals surface area (Å²) in [4.78, 5) is 0. The predicted octanol–water partition coefficient (Wildman–Crippen LogP) is 3.80. The highest BCUT2D eigenvalue weighted by Crippen LogP contribution is 2.64. The Morgan fingerprint density at radius 3 is 2.60 bits per heavy atom. The smallest absolute Gasteiger partial charge is 0.0548 e. The van der Waals surface area contributed by atoms with Crippen molar-refractivity contribution in [2.75, 3.05) is 6.54 Å². The molecule has 1 aromatic rings. The number of benzene rings is 1. The van der Waals surface area contributed by atoms with Crippen LogP contribution in [0.25, 0.3) is 0 Å².